The van der Waals surface area contributed by atoms with Gasteiger partial charge in [0.05, 0.1) is 25.9 Å². The van der Waals surface area contributed by atoms with Crippen molar-refractivity contribution in [3.05, 3.63) is 21.0 Å². The van der Waals surface area contributed by atoms with Gasteiger partial charge in [0.25, 0.3) is 11.9 Å². The molecular weight excluding hydrogens is 530 g/mol. The number of ketones is 1. The first-order valence-corrected chi connectivity index (χ1v) is 13.7. The number of rotatable bonds is 17. The Morgan fingerprint density at radius 3 is 2.33 bits per heavy atom. The maximum atomic E-state index is 12.8. The number of carboxylic acids is 1. The highest BCUT2D eigenvalue weighted by atomic mass is 32.1. The molecule has 1 aliphatic rings. The zero-order valence-corrected chi connectivity index (χ0v) is 23.8. The minimum Gasteiger partial charge on any atom is -0.476 e. The fraction of sp³-hybridized carbons (Fsp3) is 0.680. The number of Topliss-reactive ketones (excluding diaryl/α,β-unsaturated/α-hetero) is 1. The second-order valence-electron chi connectivity index (χ2n) is 10.6. The molecule has 216 valence electrons. The van der Waals surface area contributed by atoms with Crippen LogP contribution in [0.25, 0.3) is 0 Å². The minimum atomic E-state index is -1.26. The number of hydrogen-bond donors (Lipinski definition) is 4. The predicted molar refractivity (Wildman–Crippen MR) is 142 cm³/mol. The van der Waals surface area contributed by atoms with Gasteiger partial charge in [-0.1, -0.05) is 27.7 Å². The summed E-state index contributed by atoms with van der Waals surface area (Å²) in [5.74, 6) is -2.92. The summed E-state index contributed by atoms with van der Waals surface area (Å²) in [6.07, 6.45) is 2.51. The molecule has 0 saturated carbocycles. The van der Waals surface area contributed by atoms with Crippen molar-refractivity contribution < 1.29 is 38.6 Å². The van der Waals surface area contributed by atoms with Crippen molar-refractivity contribution in [1.29, 1.82) is 0 Å². The number of aromatic nitrogens is 1. The van der Waals surface area contributed by atoms with Crippen molar-refractivity contribution in [2.75, 3.05) is 26.2 Å². The fourth-order valence-electron chi connectivity index (χ4n) is 3.74. The van der Waals surface area contributed by atoms with Gasteiger partial charge in [-0.2, -0.15) is 0 Å². The van der Waals surface area contributed by atoms with Crippen molar-refractivity contribution in [2.24, 2.45) is 11.8 Å². The molecule has 0 radical (unpaired) electrons. The van der Waals surface area contributed by atoms with E-state index in [2.05, 4.69) is 20.9 Å². The molecule has 2 rings (SSSR count). The standard InChI is InChI=1S/C25H37N5O8S/c1-14(2)6-7-17(20(32)25(5)13-38-25)30(37)9-8-26-21(33)16(10-15(3)4)29-19(31)12-27-22(34)18-11-28-23(39-18)24(35)36/h11,14-17H,6-10,12-13H2,1-5H3,(H3-,26,27,29,31,33,34,35,36)/p+1. The van der Waals surface area contributed by atoms with Crippen LogP contribution in [0.3, 0.4) is 0 Å². The van der Waals surface area contributed by atoms with Crippen LogP contribution >= 0.6 is 11.3 Å². The lowest BCUT2D eigenvalue weighted by Crippen LogP contribution is -2.51. The van der Waals surface area contributed by atoms with Gasteiger partial charge in [-0.15, -0.1) is 11.3 Å². The van der Waals surface area contributed by atoms with Crippen LogP contribution in [-0.2, 0) is 19.1 Å². The number of carbonyl (C=O) groups is 5. The number of nitrogens with zero attached hydrogens (tertiary/aromatic N) is 2. The molecule has 14 heteroatoms. The Balaban J connectivity index is 1.88. The second-order valence-corrected chi connectivity index (χ2v) is 11.6. The van der Waals surface area contributed by atoms with E-state index in [1.165, 1.54) is 0 Å². The molecule has 4 N–H and O–H groups in total. The van der Waals surface area contributed by atoms with E-state index in [1.807, 2.05) is 27.7 Å². The second kappa shape index (κ2) is 14.2. The number of aromatic carboxylic acids is 1. The zero-order valence-electron chi connectivity index (χ0n) is 22.9. The van der Waals surface area contributed by atoms with Gasteiger partial charge >= 0.3 is 5.97 Å². The Bertz CT molecular complexity index is 1080. The lowest BCUT2D eigenvalue weighted by Gasteiger charge is -2.20. The average molecular weight is 569 g/mol. The van der Waals surface area contributed by atoms with E-state index >= 15 is 0 Å². The van der Waals surface area contributed by atoms with Crippen LogP contribution in [-0.4, -0.2) is 88.3 Å². The molecule has 39 heavy (non-hydrogen) atoms. The van der Waals surface area contributed by atoms with Gasteiger partial charge in [0.1, 0.15) is 10.9 Å². The molecule has 0 aliphatic carbocycles. The first kappa shape index (κ1) is 32.0. The third kappa shape index (κ3) is 10.1. The first-order valence-electron chi connectivity index (χ1n) is 12.9. The monoisotopic (exact) mass is 568 g/mol. The van der Waals surface area contributed by atoms with Gasteiger partial charge in [-0.05, 0) is 31.6 Å². The molecule has 1 fully saturated rings. The molecule has 0 spiro atoms. The Labute approximate surface area is 231 Å². The molecule has 3 amide bonds. The van der Waals surface area contributed by atoms with Gasteiger partial charge in [0.2, 0.25) is 29.1 Å². The predicted octanol–water partition coefficient (Wildman–Crippen LogP) is 1.16. The summed E-state index contributed by atoms with van der Waals surface area (Å²) in [6.45, 7) is 9.16. The van der Waals surface area contributed by atoms with Gasteiger partial charge < -0.3 is 25.8 Å². The number of thiazole rings is 1. The van der Waals surface area contributed by atoms with Crippen LogP contribution < -0.4 is 16.0 Å². The molecule has 13 nitrogen and oxygen atoms in total. The van der Waals surface area contributed by atoms with Crippen LogP contribution in [0.4, 0.5) is 0 Å². The van der Waals surface area contributed by atoms with Crippen molar-refractivity contribution in [1.82, 2.24) is 20.9 Å². The topological polar surface area (TPSA) is 187 Å². The molecule has 2 heterocycles. The summed E-state index contributed by atoms with van der Waals surface area (Å²) in [7, 11) is 0. The van der Waals surface area contributed by atoms with E-state index in [0.29, 0.717) is 47.9 Å². The number of nitrogens with one attached hydrogen (secondary N) is 3. The van der Waals surface area contributed by atoms with Crippen molar-refractivity contribution in [3.8, 4) is 0 Å². The molecule has 0 bridgehead atoms. The highest BCUT2D eigenvalue weighted by Gasteiger charge is 2.54. The smallest absolute Gasteiger partial charge is 0.365 e. The van der Waals surface area contributed by atoms with E-state index < -0.39 is 47.9 Å². The largest absolute Gasteiger partial charge is 0.476 e. The summed E-state index contributed by atoms with van der Waals surface area (Å²) in [4.78, 5) is 77.6. The van der Waals surface area contributed by atoms with Crippen molar-refractivity contribution in [2.45, 2.75) is 71.6 Å². The lowest BCUT2D eigenvalue weighted by atomic mass is 9.94. The third-order valence-electron chi connectivity index (χ3n) is 6.08. The van der Waals surface area contributed by atoms with Gasteiger partial charge in [-0.25, -0.2) is 9.78 Å². The Hall–Kier alpha value is -3.26. The average Bonchev–Trinajstić information content (AvgIpc) is 3.40. The molecule has 1 aromatic heterocycles. The Kier molecular flexibility index (Phi) is 11.6. The van der Waals surface area contributed by atoms with Crippen LogP contribution in [0.15, 0.2) is 6.20 Å². The fourth-order valence-corrected chi connectivity index (χ4v) is 4.41. The van der Waals surface area contributed by atoms with E-state index in [4.69, 9.17) is 9.84 Å². The van der Waals surface area contributed by atoms with Crippen LogP contribution in [0, 0.1) is 16.7 Å². The van der Waals surface area contributed by atoms with E-state index in [1.54, 1.807) is 6.92 Å². The normalized spacial score (nSPS) is 17.8. The molecule has 3 atom stereocenters. The summed E-state index contributed by atoms with van der Waals surface area (Å²) >= 11 is 0.676. The number of carbonyl (C=O) groups excluding carboxylic acids is 4. The molecule has 1 saturated heterocycles. The number of hydrogen-bond acceptors (Lipinski definition) is 9. The van der Waals surface area contributed by atoms with Gasteiger partial charge in [0.15, 0.2) is 5.60 Å². The first-order chi connectivity index (χ1) is 18.2. The number of nitroso groups, excluding NO2 is 1. The van der Waals surface area contributed by atoms with Crippen LogP contribution in [0.1, 0.15) is 73.4 Å². The summed E-state index contributed by atoms with van der Waals surface area (Å²) in [5.41, 5.74) is -0.922. The molecule has 1 aromatic rings. The SMILES string of the molecule is CC(C)CCC(C(=O)C1(C)CO1)[N+](=O)CCNC(=O)C(CC(C)C)NC(=O)CNC(=O)c1cnc(C(=O)O)s1. The summed E-state index contributed by atoms with van der Waals surface area (Å²) in [6, 6.07) is -1.77. The number of carboxylic acid groups (broad SMARTS) is 1. The van der Waals surface area contributed by atoms with Gasteiger partial charge in [-0.3, -0.25) is 19.2 Å². The van der Waals surface area contributed by atoms with E-state index in [9.17, 15) is 28.9 Å². The van der Waals surface area contributed by atoms with E-state index in [0.717, 1.165) is 6.20 Å². The van der Waals surface area contributed by atoms with Crippen molar-refractivity contribution in [3.63, 3.8) is 0 Å². The van der Waals surface area contributed by atoms with Crippen LogP contribution in [0.2, 0.25) is 0 Å². The highest BCUT2D eigenvalue weighted by molar-refractivity contribution is 7.15. The molecule has 1 aliphatic heterocycles. The van der Waals surface area contributed by atoms with E-state index in [-0.39, 0.29) is 34.7 Å². The van der Waals surface area contributed by atoms with Crippen LogP contribution in [0.5, 0.6) is 0 Å². The number of amides is 3. The lowest BCUT2D eigenvalue weighted by molar-refractivity contribution is -0.572. The Morgan fingerprint density at radius 2 is 1.79 bits per heavy atom. The summed E-state index contributed by atoms with van der Waals surface area (Å²) in [5, 5.41) is 16.3. The highest BCUT2D eigenvalue weighted by Crippen LogP contribution is 2.30. The maximum absolute atomic E-state index is 12.8. The number of epoxide rings is 1. The maximum Gasteiger partial charge on any atom is 0.365 e. The molecule has 0 aromatic carbocycles. The molecule has 3 unspecified atom stereocenters. The zero-order chi connectivity index (χ0) is 29.3. The van der Waals surface area contributed by atoms with Crippen molar-refractivity contribution >= 4 is 40.8 Å². The third-order valence-corrected chi connectivity index (χ3v) is 7.06. The minimum absolute atomic E-state index is 0.0240. The quantitative estimate of drug-likeness (QED) is 0.158. The Morgan fingerprint density at radius 1 is 1.13 bits per heavy atom. The number of ether oxygens (including phenoxy) is 1. The molecular formula is C25H38N5O8S+. The summed E-state index contributed by atoms with van der Waals surface area (Å²) < 4.78 is 5.93. The van der Waals surface area contributed by atoms with Gasteiger partial charge in [0, 0.05) is 16.1 Å².